The number of rotatable bonds is 2. The van der Waals surface area contributed by atoms with Gasteiger partial charge >= 0.3 is 0 Å². The molecule has 2 atom stereocenters. The molecule has 1 fully saturated rings. The van der Waals surface area contributed by atoms with E-state index in [1.54, 1.807) is 7.11 Å². The van der Waals surface area contributed by atoms with Crippen LogP contribution < -0.4 is 11.1 Å². The summed E-state index contributed by atoms with van der Waals surface area (Å²) in [5, 5.41) is 3.26. The van der Waals surface area contributed by atoms with Crippen molar-refractivity contribution in [2.75, 3.05) is 20.3 Å². The standard InChI is InChI=1S/C6H14N2O/c1-9-4-6-2-5(7)3-8-6/h5-6,8H,2-4,7H2,1H3. The number of ether oxygens (including phenoxy) is 1. The van der Waals surface area contributed by atoms with Crippen LogP contribution in [0.15, 0.2) is 0 Å². The van der Waals surface area contributed by atoms with Gasteiger partial charge in [0.15, 0.2) is 0 Å². The van der Waals surface area contributed by atoms with Gasteiger partial charge in [0.2, 0.25) is 0 Å². The van der Waals surface area contributed by atoms with Crippen LogP contribution in [0, 0.1) is 0 Å². The molecule has 0 spiro atoms. The SMILES string of the molecule is COCC1CC(N)CN1. The minimum Gasteiger partial charge on any atom is -0.383 e. The van der Waals surface area contributed by atoms with E-state index in [9.17, 15) is 0 Å². The van der Waals surface area contributed by atoms with Crippen LogP contribution in [0.5, 0.6) is 0 Å². The van der Waals surface area contributed by atoms with E-state index in [-0.39, 0.29) is 0 Å². The van der Waals surface area contributed by atoms with Gasteiger partial charge in [0.05, 0.1) is 6.61 Å². The van der Waals surface area contributed by atoms with Gasteiger partial charge in [0, 0.05) is 25.7 Å². The second-order valence-corrected chi connectivity index (χ2v) is 2.56. The van der Waals surface area contributed by atoms with Gasteiger partial charge in [-0.2, -0.15) is 0 Å². The molecule has 9 heavy (non-hydrogen) atoms. The maximum atomic E-state index is 5.64. The van der Waals surface area contributed by atoms with Crippen LogP contribution in [0.3, 0.4) is 0 Å². The summed E-state index contributed by atoms with van der Waals surface area (Å²) < 4.78 is 4.96. The molecular formula is C6H14N2O. The van der Waals surface area contributed by atoms with E-state index in [1.165, 1.54) is 0 Å². The molecule has 1 rings (SSSR count). The highest BCUT2D eigenvalue weighted by Gasteiger charge is 2.19. The molecular weight excluding hydrogens is 116 g/mol. The topological polar surface area (TPSA) is 47.3 Å². The number of nitrogens with two attached hydrogens (primary N) is 1. The van der Waals surface area contributed by atoms with Gasteiger partial charge in [-0.05, 0) is 6.42 Å². The fourth-order valence-electron chi connectivity index (χ4n) is 1.18. The largest absolute Gasteiger partial charge is 0.383 e. The second-order valence-electron chi connectivity index (χ2n) is 2.56. The van der Waals surface area contributed by atoms with Crippen LogP contribution in [0.25, 0.3) is 0 Å². The average molecular weight is 130 g/mol. The van der Waals surface area contributed by atoms with Crippen molar-refractivity contribution < 1.29 is 4.74 Å². The van der Waals surface area contributed by atoms with Crippen molar-refractivity contribution in [2.24, 2.45) is 5.73 Å². The molecule has 0 amide bonds. The first-order valence-electron chi connectivity index (χ1n) is 3.31. The molecule has 0 saturated carbocycles. The highest BCUT2D eigenvalue weighted by atomic mass is 16.5. The van der Waals surface area contributed by atoms with Gasteiger partial charge in [0.1, 0.15) is 0 Å². The normalized spacial score (nSPS) is 35.3. The number of hydrogen-bond donors (Lipinski definition) is 2. The number of methoxy groups -OCH3 is 1. The van der Waals surface area contributed by atoms with Crippen LogP contribution in [-0.4, -0.2) is 32.3 Å². The van der Waals surface area contributed by atoms with E-state index in [1.807, 2.05) is 0 Å². The molecule has 3 N–H and O–H groups in total. The maximum absolute atomic E-state index is 5.64. The molecule has 1 aliphatic rings. The van der Waals surface area contributed by atoms with E-state index in [0.29, 0.717) is 12.1 Å². The summed E-state index contributed by atoms with van der Waals surface area (Å²) in [6.45, 7) is 1.72. The van der Waals surface area contributed by atoms with Crippen molar-refractivity contribution in [2.45, 2.75) is 18.5 Å². The predicted octanol–water partition coefficient (Wildman–Crippen LogP) is -0.678. The summed E-state index contributed by atoms with van der Waals surface area (Å²) in [6.07, 6.45) is 1.05. The Bertz CT molecular complexity index is 85.1. The van der Waals surface area contributed by atoms with Gasteiger partial charge in [-0.25, -0.2) is 0 Å². The summed E-state index contributed by atoms with van der Waals surface area (Å²) >= 11 is 0. The molecule has 1 aliphatic heterocycles. The van der Waals surface area contributed by atoms with Gasteiger partial charge < -0.3 is 15.8 Å². The monoisotopic (exact) mass is 130 g/mol. The molecule has 0 bridgehead atoms. The van der Waals surface area contributed by atoms with E-state index in [4.69, 9.17) is 10.5 Å². The lowest BCUT2D eigenvalue weighted by Crippen LogP contribution is -2.26. The molecule has 0 aromatic heterocycles. The molecule has 3 nitrogen and oxygen atoms in total. The molecule has 0 radical (unpaired) electrons. The molecule has 2 unspecified atom stereocenters. The Kier molecular flexibility index (Phi) is 2.45. The van der Waals surface area contributed by atoms with Crippen molar-refractivity contribution in [1.82, 2.24) is 5.32 Å². The predicted molar refractivity (Wildman–Crippen MR) is 36.3 cm³/mol. The van der Waals surface area contributed by atoms with Gasteiger partial charge in [-0.3, -0.25) is 0 Å². The highest BCUT2D eigenvalue weighted by molar-refractivity contribution is 4.83. The van der Waals surface area contributed by atoms with Crippen molar-refractivity contribution in [3.8, 4) is 0 Å². The maximum Gasteiger partial charge on any atom is 0.0616 e. The molecule has 0 aromatic rings. The van der Waals surface area contributed by atoms with Crippen molar-refractivity contribution in [3.63, 3.8) is 0 Å². The lowest BCUT2D eigenvalue weighted by molar-refractivity contribution is 0.173. The lowest BCUT2D eigenvalue weighted by atomic mass is 10.2. The summed E-state index contributed by atoms with van der Waals surface area (Å²) in [5.41, 5.74) is 5.64. The zero-order chi connectivity index (χ0) is 6.69. The third kappa shape index (κ3) is 1.93. The van der Waals surface area contributed by atoms with Crippen molar-refractivity contribution in [1.29, 1.82) is 0 Å². The quantitative estimate of drug-likeness (QED) is 0.521. The summed E-state index contributed by atoms with van der Waals surface area (Å²) in [6, 6.07) is 0.829. The zero-order valence-corrected chi connectivity index (χ0v) is 5.76. The number of nitrogens with one attached hydrogen (secondary N) is 1. The third-order valence-electron chi connectivity index (χ3n) is 1.62. The first-order valence-corrected chi connectivity index (χ1v) is 3.31. The van der Waals surface area contributed by atoms with Gasteiger partial charge in [-0.1, -0.05) is 0 Å². The van der Waals surface area contributed by atoms with E-state index < -0.39 is 0 Å². The second kappa shape index (κ2) is 3.15. The van der Waals surface area contributed by atoms with Gasteiger partial charge in [0.25, 0.3) is 0 Å². The Morgan fingerprint density at radius 2 is 2.56 bits per heavy atom. The Balaban J connectivity index is 2.14. The molecule has 0 aromatic carbocycles. The first-order chi connectivity index (χ1) is 4.33. The zero-order valence-electron chi connectivity index (χ0n) is 5.76. The minimum atomic E-state index is 0.338. The molecule has 0 aliphatic carbocycles. The van der Waals surface area contributed by atoms with E-state index in [2.05, 4.69) is 5.32 Å². The van der Waals surface area contributed by atoms with Crippen LogP contribution in [0.2, 0.25) is 0 Å². The van der Waals surface area contributed by atoms with E-state index in [0.717, 1.165) is 19.6 Å². The third-order valence-corrected chi connectivity index (χ3v) is 1.62. The molecule has 3 heteroatoms. The van der Waals surface area contributed by atoms with Crippen LogP contribution in [0.1, 0.15) is 6.42 Å². The van der Waals surface area contributed by atoms with Crippen LogP contribution in [0.4, 0.5) is 0 Å². The number of hydrogen-bond acceptors (Lipinski definition) is 3. The molecule has 1 heterocycles. The molecule has 1 saturated heterocycles. The summed E-state index contributed by atoms with van der Waals surface area (Å²) in [5.74, 6) is 0. The van der Waals surface area contributed by atoms with Crippen molar-refractivity contribution in [3.05, 3.63) is 0 Å². The minimum absolute atomic E-state index is 0.338. The fraction of sp³-hybridized carbons (Fsp3) is 1.00. The lowest BCUT2D eigenvalue weighted by Gasteiger charge is -2.06. The Morgan fingerprint density at radius 1 is 1.78 bits per heavy atom. The summed E-state index contributed by atoms with van der Waals surface area (Å²) in [4.78, 5) is 0. The summed E-state index contributed by atoms with van der Waals surface area (Å²) in [7, 11) is 1.71. The fourth-order valence-corrected chi connectivity index (χ4v) is 1.18. The average Bonchev–Trinajstić information content (AvgIpc) is 2.17. The van der Waals surface area contributed by atoms with Crippen LogP contribution in [-0.2, 0) is 4.74 Å². The van der Waals surface area contributed by atoms with Crippen molar-refractivity contribution >= 4 is 0 Å². The van der Waals surface area contributed by atoms with Gasteiger partial charge in [-0.15, -0.1) is 0 Å². The van der Waals surface area contributed by atoms with Crippen LogP contribution >= 0.6 is 0 Å². The smallest absolute Gasteiger partial charge is 0.0616 e. The van der Waals surface area contributed by atoms with E-state index >= 15 is 0 Å². The molecule has 54 valence electrons. The highest BCUT2D eigenvalue weighted by Crippen LogP contribution is 2.03. The first kappa shape index (κ1) is 6.99. The Labute approximate surface area is 55.6 Å². The Morgan fingerprint density at radius 3 is 3.00 bits per heavy atom. The Hall–Kier alpha value is -0.120.